The topological polar surface area (TPSA) is 240 Å². The molecule has 1 aromatic heterocycles. The minimum atomic E-state index is -2.81. The van der Waals surface area contributed by atoms with Gasteiger partial charge in [0.2, 0.25) is 11.5 Å². The van der Waals surface area contributed by atoms with Crippen molar-refractivity contribution >= 4 is 20.0 Å². The summed E-state index contributed by atoms with van der Waals surface area (Å²) >= 11 is 0. The average Bonchev–Trinajstić information content (AvgIpc) is 3.24. The third-order valence-electron chi connectivity index (χ3n) is 6.52. The van der Waals surface area contributed by atoms with Crippen LogP contribution in [-0.2, 0) is 20.9 Å². The lowest BCUT2D eigenvalue weighted by Gasteiger charge is -2.26. The first-order chi connectivity index (χ1) is 21.0. The lowest BCUT2D eigenvalue weighted by Crippen LogP contribution is -2.46. The summed E-state index contributed by atoms with van der Waals surface area (Å²) in [5.74, 6) is -1.19. The molecule has 2 aromatic carbocycles. The van der Waals surface area contributed by atoms with E-state index in [1.165, 1.54) is 24.4 Å². The van der Waals surface area contributed by atoms with E-state index in [4.69, 9.17) is 24.5 Å². The van der Waals surface area contributed by atoms with Crippen LogP contribution in [0.1, 0.15) is 25.6 Å². The van der Waals surface area contributed by atoms with Gasteiger partial charge >= 0.3 is 19.8 Å². The number of para-hydroxylation sites is 2. The molecule has 6 atom stereocenters. The van der Waals surface area contributed by atoms with E-state index < -0.39 is 56.6 Å². The minimum absolute atomic E-state index is 0.0204. The van der Waals surface area contributed by atoms with Crippen LogP contribution in [0.15, 0.2) is 81.5 Å². The number of hydrogen-bond donors (Lipinski definition) is 3. The maximum Gasteiger partial charge on any atom is 0.395 e. The molecule has 1 aliphatic heterocycles. The molecule has 1 saturated heterocycles. The zero-order valence-electron chi connectivity index (χ0n) is 23.6. The van der Waals surface area contributed by atoms with Crippen LogP contribution in [0.3, 0.4) is 0 Å². The molecule has 17 heteroatoms. The molecule has 0 spiro atoms. The van der Waals surface area contributed by atoms with Crippen LogP contribution >= 0.6 is 8.17 Å². The number of hydrogen-bond acceptors (Lipinski definition) is 13. The largest absolute Gasteiger partial charge is 0.575 e. The van der Waals surface area contributed by atoms with Gasteiger partial charge in [-0.1, -0.05) is 66.2 Å². The summed E-state index contributed by atoms with van der Waals surface area (Å²) in [6, 6.07) is 15.2. The molecule has 1 fully saturated rings. The summed E-state index contributed by atoms with van der Waals surface area (Å²) in [6.45, 7) is 2.79. The van der Waals surface area contributed by atoms with Gasteiger partial charge in [-0.05, 0) is 35.2 Å². The summed E-state index contributed by atoms with van der Waals surface area (Å²) in [4.78, 5) is 44.2. The molecular formula is C27H30N7O9P. The van der Waals surface area contributed by atoms with Gasteiger partial charge in [0, 0.05) is 11.1 Å². The number of rotatable bonds is 12. The smallest absolute Gasteiger partial charge is 0.395 e. The SMILES string of the molecule is CC(C)[C@H](N=[P+]([O-])Oc1ccccc1OC[C@@]1(N=[N+]=[N-])O[C@@H](n2ccc(N)nc2=O)[C@H](O)[C@@H]1O)C(=O)OCc1ccccc1. The molecule has 0 amide bonds. The van der Waals surface area contributed by atoms with Crippen molar-refractivity contribution in [3.63, 3.8) is 0 Å². The van der Waals surface area contributed by atoms with Crippen molar-refractivity contribution in [2.45, 2.75) is 50.7 Å². The van der Waals surface area contributed by atoms with Gasteiger partial charge in [-0.2, -0.15) is 4.98 Å². The van der Waals surface area contributed by atoms with Crippen LogP contribution in [0, 0.1) is 5.92 Å². The van der Waals surface area contributed by atoms with E-state index in [9.17, 15) is 30.2 Å². The van der Waals surface area contributed by atoms with Gasteiger partial charge in [-0.25, -0.2) is 9.59 Å². The second-order valence-corrected chi connectivity index (χ2v) is 10.9. The number of anilines is 1. The van der Waals surface area contributed by atoms with Crippen LogP contribution in [0.4, 0.5) is 5.82 Å². The number of nitrogen functional groups attached to an aromatic ring is 1. The van der Waals surface area contributed by atoms with Crippen molar-refractivity contribution < 1.29 is 38.6 Å². The number of esters is 1. The van der Waals surface area contributed by atoms with Gasteiger partial charge in [-0.15, -0.1) is 0 Å². The predicted octanol–water partition coefficient (Wildman–Crippen LogP) is 2.16. The maximum atomic E-state index is 12.9. The Morgan fingerprint density at radius 3 is 2.55 bits per heavy atom. The molecule has 0 saturated carbocycles. The van der Waals surface area contributed by atoms with Crippen molar-refractivity contribution in [1.82, 2.24) is 9.55 Å². The monoisotopic (exact) mass is 627 g/mol. The number of benzene rings is 2. The number of aliphatic hydroxyl groups is 2. The fraction of sp³-hybridized carbons (Fsp3) is 0.370. The Kier molecular flexibility index (Phi) is 10.5. The van der Waals surface area contributed by atoms with Gasteiger partial charge in [-0.3, -0.25) is 9.09 Å². The fourth-order valence-corrected chi connectivity index (χ4v) is 5.15. The average molecular weight is 628 g/mol. The fourth-order valence-electron chi connectivity index (χ4n) is 4.22. The Balaban J connectivity index is 1.49. The number of ether oxygens (including phenoxy) is 3. The van der Waals surface area contributed by atoms with Crippen molar-refractivity contribution in [2.75, 3.05) is 12.3 Å². The first-order valence-corrected chi connectivity index (χ1v) is 14.4. The van der Waals surface area contributed by atoms with E-state index >= 15 is 0 Å². The third kappa shape index (κ3) is 7.50. The van der Waals surface area contributed by atoms with E-state index in [1.807, 2.05) is 18.2 Å². The highest BCUT2D eigenvalue weighted by Crippen LogP contribution is 2.40. The van der Waals surface area contributed by atoms with E-state index in [0.717, 1.165) is 10.1 Å². The normalized spacial score (nSPS) is 22.2. The van der Waals surface area contributed by atoms with Crippen LogP contribution in [0.2, 0.25) is 0 Å². The molecule has 3 aromatic rings. The summed E-state index contributed by atoms with van der Waals surface area (Å²) < 4.78 is 27.2. The minimum Gasteiger partial charge on any atom is -0.575 e. The number of nitrogens with zero attached hydrogens (tertiary/aromatic N) is 6. The number of aliphatic hydroxyl groups excluding tert-OH is 2. The standard InChI is InChI=1S/C27H30N7O9P/c1-16(2)21(25(37)40-14-17-8-4-3-5-9-17)31-44(39)43-19-11-7-6-10-18(19)41-15-27(32-33-29)23(36)22(35)24(42-27)34-13-12-20(28)30-26(34)38/h3-13,16,21-24,35-36H,14-15H2,1-2H3,(H2,28,30,38)/t21-,22+,23-,24+,27+/m0/s1. The molecule has 0 bridgehead atoms. The number of azide groups is 1. The number of carbonyl (C=O) groups excluding carboxylic acids is 1. The highest BCUT2D eigenvalue weighted by atomic mass is 31.1. The molecule has 232 valence electrons. The second kappa shape index (κ2) is 14.3. The van der Waals surface area contributed by atoms with Crippen molar-refractivity contribution in [1.29, 1.82) is 0 Å². The summed E-state index contributed by atoms with van der Waals surface area (Å²) in [5.41, 5.74) is 12.4. The van der Waals surface area contributed by atoms with Gasteiger partial charge in [0.25, 0.3) is 0 Å². The Morgan fingerprint density at radius 1 is 1.20 bits per heavy atom. The Morgan fingerprint density at radius 2 is 1.89 bits per heavy atom. The van der Waals surface area contributed by atoms with E-state index in [0.29, 0.717) is 0 Å². The van der Waals surface area contributed by atoms with Crippen LogP contribution in [0.25, 0.3) is 10.4 Å². The first-order valence-electron chi connectivity index (χ1n) is 13.3. The third-order valence-corrected chi connectivity index (χ3v) is 7.31. The zero-order valence-corrected chi connectivity index (χ0v) is 24.5. The van der Waals surface area contributed by atoms with E-state index in [1.54, 1.807) is 38.1 Å². The quantitative estimate of drug-likeness (QED) is 0.0864. The molecule has 0 aliphatic carbocycles. The summed E-state index contributed by atoms with van der Waals surface area (Å²) in [6.07, 6.45) is -3.89. The second-order valence-electron chi connectivity index (χ2n) is 9.98. The highest BCUT2D eigenvalue weighted by molar-refractivity contribution is 7.34. The van der Waals surface area contributed by atoms with Crippen LogP contribution < -0.4 is 25.6 Å². The molecule has 2 heterocycles. The lowest BCUT2D eigenvalue weighted by molar-refractivity contribution is -0.170. The predicted molar refractivity (Wildman–Crippen MR) is 154 cm³/mol. The van der Waals surface area contributed by atoms with E-state index in [2.05, 4.69) is 19.8 Å². The zero-order chi connectivity index (χ0) is 31.9. The van der Waals surface area contributed by atoms with Crippen molar-refractivity contribution in [2.24, 2.45) is 15.8 Å². The molecule has 16 nitrogen and oxygen atoms in total. The Hall–Kier alpha value is -4.56. The number of nitrogens with two attached hydrogens (primary N) is 1. The van der Waals surface area contributed by atoms with Crippen LogP contribution in [-0.4, -0.2) is 56.3 Å². The van der Waals surface area contributed by atoms with Gasteiger partial charge < -0.3 is 35.1 Å². The number of aromatic nitrogens is 2. The molecule has 4 N–H and O–H groups in total. The molecule has 1 unspecified atom stereocenters. The highest BCUT2D eigenvalue weighted by Gasteiger charge is 2.56. The lowest BCUT2D eigenvalue weighted by atomic mass is 10.1. The molecule has 4 rings (SSSR count). The van der Waals surface area contributed by atoms with Crippen LogP contribution in [0.5, 0.6) is 11.5 Å². The van der Waals surface area contributed by atoms with Gasteiger partial charge in [0.05, 0.1) is 0 Å². The maximum absolute atomic E-state index is 12.9. The van der Waals surface area contributed by atoms with Crippen molar-refractivity contribution in [3.05, 3.63) is 93.4 Å². The molecule has 44 heavy (non-hydrogen) atoms. The number of carbonyl (C=O) groups is 1. The molecule has 1 aliphatic rings. The molecule has 0 radical (unpaired) electrons. The summed E-state index contributed by atoms with van der Waals surface area (Å²) in [7, 11) is -2.81. The Bertz CT molecular complexity index is 1600. The molecular weight excluding hydrogens is 597 g/mol. The van der Waals surface area contributed by atoms with Gasteiger partial charge in [0.1, 0.15) is 31.2 Å². The van der Waals surface area contributed by atoms with Gasteiger partial charge in [0.15, 0.2) is 18.0 Å². The van der Waals surface area contributed by atoms with E-state index in [-0.39, 0.29) is 29.8 Å². The Labute approximate surface area is 251 Å². The summed E-state index contributed by atoms with van der Waals surface area (Å²) in [5, 5.41) is 25.0. The first kappa shape index (κ1) is 32.4. The van der Waals surface area contributed by atoms with Crippen molar-refractivity contribution in [3.8, 4) is 11.5 Å².